The minimum Gasteiger partial charge on any atom is -0.486 e. The van der Waals surface area contributed by atoms with Crippen molar-refractivity contribution in [1.29, 1.82) is 0 Å². The molecule has 1 fully saturated rings. The van der Waals surface area contributed by atoms with Crippen LogP contribution in [0.1, 0.15) is 24.4 Å². The number of fused-ring (bicyclic) bond motifs is 1. The van der Waals surface area contributed by atoms with Crippen molar-refractivity contribution >= 4 is 11.6 Å². The van der Waals surface area contributed by atoms with Gasteiger partial charge in [-0.05, 0) is 19.4 Å². The Kier molecular flexibility index (Phi) is 2.61. The molecule has 0 saturated carbocycles. The Balaban J connectivity index is 2.04. The molecule has 1 N–H and O–H groups in total. The zero-order valence-electron chi connectivity index (χ0n) is 8.83. The van der Waals surface area contributed by atoms with Crippen molar-refractivity contribution in [3.05, 3.63) is 16.9 Å². The lowest BCUT2D eigenvalue weighted by Crippen LogP contribution is -2.20. The van der Waals surface area contributed by atoms with Crippen molar-refractivity contribution in [2.75, 3.05) is 19.8 Å². The van der Waals surface area contributed by atoms with Gasteiger partial charge < -0.3 is 14.8 Å². The summed E-state index contributed by atoms with van der Waals surface area (Å²) >= 11 is 5.98. The Morgan fingerprint density at radius 1 is 1.31 bits per heavy atom. The van der Waals surface area contributed by atoms with Crippen LogP contribution in [-0.4, -0.2) is 24.7 Å². The second kappa shape index (κ2) is 4.11. The summed E-state index contributed by atoms with van der Waals surface area (Å²) in [6, 6.07) is 0.320. The van der Waals surface area contributed by atoms with Gasteiger partial charge in [0.15, 0.2) is 16.7 Å². The zero-order valence-corrected chi connectivity index (χ0v) is 9.59. The number of hydrogen-bond acceptors (Lipinski definition) is 4. The third-order valence-corrected chi connectivity index (χ3v) is 3.25. The molecule has 1 saturated heterocycles. The minimum absolute atomic E-state index is 0.320. The third-order valence-electron chi connectivity index (χ3n) is 2.98. The molecule has 2 aliphatic heterocycles. The van der Waals surface area contributed by atoms with Crippen LogP contribution >= 0.6 is 11.6 Å². The third kappa shape index (κ3) is 1.62. The second-order valence-electron chi connectivity index (χ2n) is 4.01. The van der Waals surface area contributed by atoms with E-state index in [1.165, 1.54) is 6.42 Å². The molecule has 0 radical (unpaired) electrons. The number of rotatable bonds is 1. The van der Waals surface area contributed by atoms with Gasteiger partial charge in [0.25, 0.3) is 0 Å². The molecule has 3 rings (SSSR count). The van der Waals surface area contributed by atoms with Crippen LogP contribution < -0.4 is 14.8 Å². The van der Waals surface area contributed by atoms with E-state index < -0.39 is 0 Å². The van der Waals surface area contributed by atoms with Crippen LogP contribution in [0.3, 0.4) is 0 Å². The Hall–Kier alpha value is -1.00. The lowest BCUT2D eigenvalue weighted by atomic mass is 10.1. The molecule has 0 aliphatic carbocycles. The summed E-state index contributed by atoms with van der Waals surface area (Å²) in [6.07, 6.45) is 4.08. The van der Waals surface area contributed by atoms with Gasteiger partial charge in [-0.25, -0.2) is 4.98 Å². The van der Waals surface area contributed by atoms with Gasteiger partial charge in [-0.15, -0.1) is 0 Å². The summed E-state index contributed by atoms with van der Waals surface area (Å²) in [5.41, 5.74) is 1.07. The van der Waals surface area contributed by atoms with Crippen molar-refractivity contribution in [3.8, 4) is 11.5 Å². The first-order valence-electron chi connectivity index (χ1n) is 5.53. The monoisotopic (exact) mass is 240 g/mol. The maximum absolute atomic E-state index is 5.98. The molecule has 86 valence electrons. The van der Waals surface area contributed by atoms with Crippen LogP contribution in [0.4, 0.5) is 0 Å². The summed E-state index contributed by atoms with van der Waals surface area (Å²) < 4.78 is 11.2. The summed E-state index contributed by atoms with van der Waals surface area (Å²) in [6.45, 7) is 2.16. The van der Waals surface area contributed by atoms with Gasteiger partial charge >= 0.3 is 0 Å². The van der Waals surface area contributed by atoms with E-state index in [4.69, 9.17) is 21.1 Å². The molecular weight excluding hydrogens is 228 g/mol. The van der Waals surface area contributed by atoms with Crippen LogP contribution in [0.25, 0.3) is 0 Å². The van der Waals surface area contributed by atoms with Gasteiger partial charge in [0.05, 0.1) is 0 Å². The SMILES string of the molecule is Clc1ncc([C@@H]2CCCN2)c2c1OCCO2. The van der Waals surface area contributed by atoms with Crippen molar-refractivity contribution in [1.82, 2.24) is 10.3 Å². The highest BCUT2D eigenvalue weighted by molar-refractivity contribution is 6.31. The van der Waals surface area contributed by atoms with Gasteiger partial charge in [0, 0.05) is 17.8 Å². The summed E-state index contributed by atoms with van der Waals surface area (Å²) in [4.78, 5) is 4.16. The maximum atomic E-state index is 5.98. The number of nitrogens with one attached hydrogen (secondary N) is 1. The topological polar surface area (TPSA) is 43.4 Å². The smallest absolute Gasteiger partial charge is 0.199 e. The molecule has 0 aromatic carbocycles. The maximum Gasteiger partial charge on any atom is 0.199 e. The van der Waals surface area contributed by atoms with E-state index in [1.807, 2.05) is 0 Å². The molecule has 4 nitrogen and oxygen atoms in total. The lowest BCUT2D eigenvalue weighted by Gasteiger charge is -2.23. The standard InChI is InChI=1S/C11H13ClN2O2/c12-11-10-9(15-4-5-16-10)7(6-14-11)8-2-1-3-13-8/h6,8,13H,1-5H2/t8-/m0/s1. The molecular formula is C11H13ClN2O2. The Bertz CT molecular complexity index is 405. The average molecular weight is 241 g/mol. The van der Waals surface area contributed by atoms with E-state index in [9.17, 15) is 0 Å². The second-order valence-corrected chi connectivity index (χ2v) is 4.37. The molecule has 0 unspecified atom stereocenters. The highest BCUT2D eigenvalue weighted by Crippen LogP contribution is 2.42. The molecule has 0 bridgehead atoms. The summed E-state index contributed by atoms with van der Waals surface area (Å²) in [5.74, 6) is 1.37. The lowest BCUT2D eigenvalue weighted by molar-refractivity contribution is 0.168. The quantitative estimate of drug-likeness (QED) is 0.762. The highest BCUT2D eigenvalue weighted by Gasteiger charge is 2.26. The van der Waals surface area contributed by atoms with E-state index >= 15 is 0 Å². The van der Waals surface area contributed by atoms with E-state index in [1.54, 1.807) is 6.20 Å². The zero-order chi connectivity index (χ0) is 11.0. The first-order valence-corrected chi connectivity index (χ1v) is 5.91. The number of halogens is 1. The molecule has 0 amide bonds. The number of nitrogens with zero attached hydrogens (tertiary/aromatic N) is 1. The molecule has 1 aromatic rings. The molecule has 1 atom stereocenters. The number of pyridine rings is 1. The Labute approximate surface area is 98.9 Å². The van der Waals surface area contributed by atoms with Crippen LogP contribution in [0.5, 0.6) is 11.5 Å². The van der Waals surface area contributed by atoms with Crippen LogP contribution in [0.2, 0.25) is 5.15 Å². The Morgan fingerprint density at radius 3 is 2.88 bits per heavy atom. The number of aromatic nitrogens is 1. The van der Waals surface area contributed by atoms with E-state index in [0.717, 1.165) is 24.3 Å². The molecule has 1 aromatic heterocycles. The largest absolute Gasteiger partial charge is 0.486 e. The summed E-state index contributed by atoms with van der Waals surface area (Å²) in [5, 5.41) is 3.81. The van der Waals surface area contributed by atoms with Crippen LogP contribution in [-0.2, 0) is 0 Å². The molecule has 0 spiro atoms. The first kappa shape index (κ1) is 10.2. The van der Waals surface area contributed by atoms with Gasteiger partial charge in [-0.2, -0.15) is 0 Å². The van der Waals surface area contributed by atoms with Crippen LogP contribution in [0, 0.1) is 0 Å². The number of hydrogen-bond donors (Lipinski definition) is 1. The van der Waals surface area contributed by atoms with Gasteiger partial charge in [-0.3, -0.25) is 0 Å². The Morgan fingerprint density at radius 2 is 2.12 bits per heavy atom. The van der Waals surface area contributed by atoms with Gasteiger partial charge in [-0.1, -0.05) is 11.6 Å². The van der Waals surface area contributed by atoms with Crippen molar-refractivity contribution in [2.45, 2.75) is 18.9 Å². The summed E-state index contributed by atoms with van der Waals surface area (Å²) in [7, 11) is 0. The molecule has 3 heterocycles. The number of ether oxygens (including phenoxy) is 2. The normalized spacial score (nSPS) is 23.4. The molecule has 16 heavy (non-hydrogen) atoms. The predicted octanol–water partition coefficient (Wildman–Crippen LogP) is 1.93. The first-order chi connectivity index (χ1) is 7.86. The van der Waals surface area contributed by atoms with Crippen molar-refractivity contribution in [3.63, 3.8) is 0 Å². The molecule has 2 aliphatic rings. The van der Waals surface area contributed by atoms with Gasteiger partial charge in [0.2, 0.25) is 0 Å². The molecule has 5 heteroatoms. The average Bonchev–Trinajstić information content (AvgIpc) is 2.83. The van der Waals surface area contributed by atoms with Crippen LogP contribution in [0.15, 0.2) is 6.20 Å². The van der Waals surface area contributed by atoms with Gasteiger partial charge in [0.1, 0.15) is 13.2 Å². The fourth-order valence-electron chi connectivity index (χ4n) is 2.23. The minimum atomic E-state index is 0.320. The van der Waals surface area contributed by atoms with E-state index in [0.29, 0.717) is 30.2 Å². The predicted molar refractivity (Wildman–Crippen MR) is 60.2 cm³/mol. The van der Waals surface area contributed by atoms with E-state index in [2.05, 4.69) is 10.3 Å². The van der Waals surface area contributed by atoms with Crippen molar-refractivity contribution in [2.24, 2.45) is 0 Å². The fraction of sp³-hybridized carbons (Fsp3) is 0.545. The highest BCUT2D eigenvalue weighted by atomic mass is 35.5. The fourth-order valence-corrected chi connectivity index (χ4v) is 2.42. The van der Waals surface area contributed by atoms with E-state index in [-0.39, 0.29) is 0 Å². The van der Waals surface area contributed by atoms with Crippen molar-refractivity contribution < 1.29 is 9.47 Å².